The summed E-state index contributed by atoms with van der Waals surface area (Å²) in [6.07, 6.45) is 0.375. The summed E-state index contributed by atoms with van der Waals surface area (Å²) in [5.74, 6) is 0.438. The van der Waals surface area contributed by atoms with E-state index in [1.807, 2.05) is 81.4 Å². The molecule has 4 nitrogen and oxygen atoms in total. The molecule has 0 amide bonds. The zero-order chi connectivity index (χ0) is 17.8. The first-order chi connectivity index (χ1) is 12.0. The molecule has 25 heavy (non-hydrogen) atoms. The molecular weight excluding hydrogens is 312 g/mol. The molecule has 128 valence electrons. The van der Waals surface area contributed by atoms with E-state index in [0.29, 0.717) is 12.3 Å². The van der Waals surface area contributed by atoms with E-state index in [1.54, 1.807) is 4.68 Å². The van der Waals surface area contributed by atoms with Crippen molar-refractivity contribution < 1.29 is 9.53 Å². The lowest BCUT2D eigenvalue weighted by atomic mass is 10.1. The number of carbonyl (C=O) groups is 1. The Labute approximate surface area is 148 Å². The second-order valence-corrected chi connectivity index (χ2v) is 6.55. The fraction of sp³-hybridized carbons (Fsp3) is 0.238. The Morgan fingerprint density at radius 2 is 1.76 bits per heavy atom. The Kier molecular flexibility index (Phi) is 4.98. The molecule has 3 rings (SSSR count). The van der Waals surface area contributed by atoms with Crippen LogP contribution in [0.1, 0.15) is 25.8 Å². The van der Waals surface area contributed by atoms with Crippen LogP contribution in [0.2, 0.25) is 0 Å². The van der Waals surface area contributed by atoms with Crippen molar-refractivity contribution in [3.05, 3.63) is 66.2 Å². The van der Waals surface area contributed by atoms with Gasteiger partial charge in [0.2, 0.25) is 5.88 Å². The van der Waals surface area contributed by atoms with E-state index in [4.69, 9.17) is 4.74 Å². The molecule has 1 heterocycles. The number of aryl methyl sites for hydroxylation is 1. The van der Waals surface area contributed by atoms with Gasteiger partial charge in [-0.3, -0.25) is 4.79 Å². The first-order valence-corrected chi connectivity index (χ1v) is 8.46. The summed E-state index contributed by atoms with van der Waals surface area (Å²) in [6, 6.07) is 19.6. The quantitative estimate of drug-likeness (QED) is 0.630. The van der Waals surface area contributed by atoms with Gasteiger partial charge in [0.25, 0.3) is 0 Å². The molecule has 0 fully saturated rings. The largest absolute Gasteiger partial charge is 0.407 e. The highest BCUT2D eigenvalue weighted by Crippen LogP contribution is 2.27. The first kappa shape index (κ1) is 17.0. The summed E-state index contributed by atoms with van der Waals surface area (Å²) in [7, 11) is 0. The van der Waals surface area contributed by atoms with Gasteiger partial charge in [-0.05, 0) is 25.0 Å². The number of esters is 1. The van der Waals surface area contributed by atoms with Crippen LogP contribution in [0.25, 0.3) is 16.9 Å². The van der Waals surface area contributed by atoms with Gasteiger partial charge in [0.15, 0.2) is 0 Å². The highest BCUT2D eigenvalue weighted by atomic mass is 16.5. The zero-order valence-electron chi connectivity index (χ0n) is 14.8. The third-order valence-electron chi connectivity index (χ3n) is 3.82. The lowest BCUT2D eigenvalue weighted by Crippen LogP contribution is -2.13. The van der Waals surface area contributed by atoms with Gasteiger partial charge in [0.1, 0.15) is 0 Å². The second-order valence-electron chi connectivity index (χ2n) is 6.55. The average Bonchev–Trinajstić information content (AvgIpc) is 2.99. The molecule has 1 aromatic heterocycles. The van der Waals surface area contributed by atoms with Crippen molar-refractivity contribution in [2.45, 2.75) is 27.2 Å². The van der Waals surface area contributed by atoms with E-state index in [1.165, 1.54) is 0 Å². The fourth-order valence-corrected chi connectivity index (χ4v) is 2.55. The average molecular weight is 334 g/mol. The van der Waals surface area contributed by atoms with E-state index in [9.17, 15) is 4.79 Å². The number of hydrogen-bond donors (Lipinski definition) is 0. The van der Waals surface area contributed by atoms with Gasteiger partial charge < -0.3 is 4.74 Å². The SMILES string of the molecule is Cc1ccc(-n2nc(-c3ccccc3)cc2OC(=O)CC(C)C)cc1. The minimum absolute atomic E-state index is 0.247. The summed E-state index contributed by atoms with van der Waals surface area (Å²) in [5, 5.41) is 4.65. The maximum Gasteiger partial charge on any atom is 0.312 e. The molecule has 0 saturated heterocycles. The van der Waals surface area contributed by atoms with Crippen LogP contribution in [-0.2, 0) is 4.79 Å². The lowest BCUT2D eigenvalue weighted by Gasteiger charge is -2.09. The van der Waals surface area contributed by atoms with Crippen molar-refractivity contribution in [2.75, 3.05) is 0 Å². The first-order valence-electron chi connectivity index (χ1n) is 8.46. The summed E-state index contributed by atoms with van der Waals surface area (Å²) in [4.78, 5) is 12.1. The molecule has 0 spiro atoms. The summed E-state index contributed by atoms with van der Waals surface area (Å²) < 4.78 is 7.29. The second kappa shape index (κ2) is 7.34. The predicted molar refractivity (Wildman–Crippen MR) is 98.8 cm³/mol. The number of nitrogens with zero attached hydrogens (tertiary/aromatic N) is 2. The van der Waals surface area contributed by atoms with Crippen LogP contribution in [0, 0.1) is 12.8 Å². The normalized spacial score (nSPS) is 10.9. The van der Waals surface area contributed by atoms with E-state index in [2.05, 4.69) is 5.10 Å². The van der Waals surface area contributed by atoms with Crippen molar-refractivity contribution in [1.29, 1.82) is 0 Å². The Morgan fingerprint density at radius 1 is 1.08 bits per heavy atom. The topological polar surface area (TPSA) is 44.1 Å². The van der Waals surface area contributed by atoms with Crippen molar-refractivity contribution >= 4 is 5.97 Å². The number of ether oxygens (including phenoxy) is 1. The lowest BCUT2D eigenvalue weighted by molar-refractivity contribution is -0.135. The molecule has 0 unspecified atom stereocenters. The maximum absolute atomic E-state index is 12.1. The van der Waals surface area contributed by atoms with Crippen molar-refractivity contribution in [3.8, 4) is 22.8 Å². The monoisotopic (exact) mass is 334 g/mol. The van der Waals surface area contributed by atoms with Crippen LogP contribution in [0.4, 0.5) is 0 Å². The van der Waals surface area contributed by atoms with Crippen LogP contribution in [0.3, 0.4) is 0 Å². The van der Waals surface area contributed by atoms with Crippen LogP contribution in [0.5, 0.6) is 5.88 Å². The zero-order valence-corrected chi connectivity index (χ0v) is 14.8. The summed E-state index contributed by atoms with van der Waals surface area (Å²) in [5.41, 5.74) is 3.78. The number of hydrogen-bond acceptors (Lipinski definition) is 3. The van der Waals surface area contributed by atoms with Gasteiger partial charge in [-0.1, -0.05) is 61.9 Å². The van der Waals surface area contributed by atoms with Crippen molar-refractivity contribution in [3.63, 3.8) is 0 Å². The molecule has 0 atom stereocenters. The maximum atomic E-state index is 12.1. The van der Waals surface area contributed by atoms with Gasteiger partial charge >= 0.3 is 5.97 Å². The molecule has 3 aromatic rings. The molecule has 2 aromatic carbocycles. The van der Waals surface area contributed by atoms with Crippen LogP contribution < -0.4 is 4.74 Å². The Balaban J connectivity index is 2.00. The third-order valence-corrected chi connectivity index (χ3v) is 3.82. The van der Waals surface area contributed by atoms with Crippen molar-refractivity contribution in [1.82, 2.24) is 9.78 Å². The molecule has 0 N–H and O–H groups in total. The van der Waals surface area contributed by atoms with E-state index in [-0.39, 0.29) is 11.9 Å². The third kappa shape index (κ3) is 4.15. The highest BCUT2D eigenvalue weighted by Gasteiger charge is 2.16. The Bertz CT molecular complexity index is 849. The van der Waals surface area contributed by atoms with Crippen LogP contribution >= 0.6 is 0 Å². The molecule has 0 bridgehead atoms. The van der Waals surface area contributed by atoms with Gasteiger partial charge in [-0.25, -0.2) is 4.68 Å². The van der Waals surface area contributed by atoms with E-state index in [0.717, 1.165) is 22.5 Å². The summed E-state index contributed by atoms with van der Waals surface area (Å²) >= 11 is 0. The van der Waals surface area contributed by atoms with Crippen LogP contribution in [0.15, 0.2) is 60.7 Å². The Hall–Kier alpha value is -2.88. The highest BCUT2D eigenvalue weighted by molar-refractivity contribution is 5.73. The Morgan fingerprint density at radius 3 is 2.40 bits per heavy atom. The molecule has 0 aliphatic carbocycles. The fourth-order valence-electron chi connectivity index (χ4n) is 2.55. The van der Waals surface area contributed by atoms with Crippen LogP contribution in [-0.4, -0.2) is 15.7 Å². The van der Waals surface area contributed by atoms with Gasteiger partial charge in [0.05, 0.1) is 11.4 Å². The molecule has 0 aliphatic heterocycles. The number of carbonyl (C=O) groups excluding carboxylic acids is 1. The van der Waals surface area contributed by atoms with Crippen molar-refractivity contribution in [2.24, 2.45) is 5.92 Å². The number of aromatic nitrogens is 2. The summed E-state index contributed by atoms with van der Waals surface area (Å²) in [6.45, 7) is 6.02. The van der Waals surface area contributed by atoms with Gasteiger partial charge in [0, 0.05) is 18.1 Å². The van der Waals surface area contributed by atoms with Gasteiger partial charge in [-0.2, -0.15) is 5.10 Å². The minimum Gasteiger partial charge on any atom is -0.407 e. The molecule has 0 saturated carbocycles. The standard InChI is InChI=1S/C21H22N2O2/c1-15(2)13-21(24)25-20-14-19(17-7-5-4-6-8-17)22-23(20)18-11-9-16(3)10-12-18/h4-12,14-15H,13H2,1-3H3. The number of benzene rings is 2. The molecular formula is C21H22N2O2. The van der Waals surface area contributed by atoms with Gasteiger partial charge in [-0.15, -0.1) is 0 Å². The molecule has 4 heteroatoms. The minimum atomic E-state index is -0.247. The molecule has 0 aliphatic rings. The smallest absolute Gasteiger partial charge is 0.312 e. The van der Waals surface area contributed by atoms with E-state index < -0.39 is 0 Å². The molecule has 0 radical (unpaired) electrons. The number of rotatable bonds is 5. The predicted octanol–water partition coefficient (Wildman–Crippen LogP) is 4.80. The van der Waals surface area contributed by atoms with E-state index >= 15 is 0 Å².